The fourth-order valence-electron chi connectivity index (χ4n) is 9.75. The van der Waals surface area contributed by atoms with Crippen molar-refractivity contribution in [1.29, 1.82) is 0 Å². The molecule has 7 fully saturated rings. The molecule has 0 saturated heterocycles. The van der Waals surface area contributed by atoms with Crippen LogP contribution in [0.3, 0.4) is 0 Å². The maximum Gasteiger partial charge on any atom is 0.309 e. The lowest BCUT2D eigenvalue weighted by Gasteiger charge is -2.59. The number of ether oxygens (including phenoxy) is 1. The van der Waals surface area contributed by atoms with E-state index in [0.29, 0.717) is 17.8 Å². The minimum absolute atomic E-state index is 0.0730. The smallest absolute Gasteiger partial charge is 0.309 e. The monoisotopic (exact) mass is 370 g/mol. The third-order valence-electron chi connectivity index (χ3n) is 10.8. The summed E-state index contributed by atoms with van der Waals surface area (Å²) in [4.78, 5) is 13.5. The van der Waals surface area contributed by atoms with Gasteiger partial charge in [0.25, 0.3) is 0 Å². The topological polar surface area (TPSA) is 26.3 Å². The van der Waals surface area contributed by atoms with Crippen molar-refractivity contribution in [2.45, 2.75) is 90.1 Å². The Bertz CT molecular complexity index is 588. The Kier molecular flexibility index (Phi) is 3.84. The van der Waals surface area contributed by atoms with Crippen LogP contribution in [0.25, 0.3) is 0 Å². The van der Waals surface area contributed by atoms with Crippen LogP contribution >= 0.6 is 0 Å². The number of esters is 1. The number of hydrogen-bond acceptors (Lipinski definition) is 2. The van der Waals surface area contributed by atoms with E-state index in [4.69, 9.17) is 4.74 Å². The molecule has 0 amide bonds. The largest absolute Gasteiger partial charge is 0.459 e. The molecular weight excluding hydrogens is 332 g/mol. The van der Waals surface area contributed by atoms with E-state index in [1.54, 1.807) is 0 Å². The van der Waals surface area contributed by atoms with Crippen molar-refractivity contribution in [2.24, 2.45) is 59.2 Å². The van der Waals surface area contributed by atoms with Crippen molar-refractivity contribution in [1.82, 2.24) is 0 Å². The van der Waals surface area contributed by atoms with E-state index in [-0.39, 0.29) is 17.5 Å². The Morgan fingerprint density at radius 3 is 1.96 bits per heavy atom. The van der Waals surface area contributed by atoms with Gasteiger partial charge in [-0.05, 0) is 118 Å². The van der Waals surface area contributed by atoms with Crippen LogP contribution in [0.1, 0.15) is 84.5 Å². The van der Waals surface area contributed by atoms with E-state index in [2.05, 4.69) is 13.8 Å². The van der Waals surface area contributed by atoms with Crippen LogP contribution in [0, 0.1) is 59.2 Å². The van der Waals surface area contributed by atoms with E-state index in [9.17, 15) is 4.79 Å². The highest BCUT2D eigenvalue weighted by Gasteiger charge is 2.59. The molecule has 7 aliphatic rings. The van der Waals surface area contributed by atoms with Crippen LogP contribution in [0.4, 0.5) is 0 Å². The summed E-state index contributed by atoms with van der Waals surface area (Å²) in [5.74, 6) is 7.79. The van der Waals surface area contributed by atoms with Gasteiger partial charge in [-0.25, -0.2) is 0 Å². The van der Waals surface area contributed by atoms with Gasteiger partial charge in [0.1, 0.15) is 5.60 Å². The van der Waals surface area contributed by atoms with Gasteiger partial charge in [0.15, 0.2) is 0 Å². The number of fused-ring (bicyclic) bond motifs is 2. The van der Waals surface area contributed by atoms with Crippen molar-refractivity contribution in [3.8, 4) is 0 Å². The van der Waals surface area contributed by atoms with Gasteiger partial charge >= 0.3 is 5.97 Å². The van der Waals surface area contributed by atoms with E-state index in [1.807, 2.05) is 0 Å². The summed E-state index contributed by atoms with van der Waals surface area (Å²) in [5, 5.41) is 0. The molecular formula is C25H38O2. The summed E-state index contributed by atoms with van der Waals surface area (Å²) in [6.07, 6.45) is 14.6. The molecule has 27 heavy (non-hydrogen) atoms. The number of rotatable bonds is 3. The zero-order valence-electron chi connectivity index (χ0n) is 17.4. The van der Waals surface area contributed by atoms with E-state index >= 15 is 0 Å². The summed E-state index contributed by atoms with van der Waals surface area (Å²) in [6, 6.07) is 0. The number of hydrogen-bond donors (Lipinski definition) is 0. The Morgan fingerprint density at radius 2 is 1.41 bits per heavy atom. The zero-order chi connectivity index (χ0) is 18.3. The Morgan fingerprint density at radius 1 is 0.778 bits per heavy atom. The van der Waals surface area contributed by atoms with Gasteiger partial charge in [-0.2, -0.15) is 0 Å². The third kappa shape index (κ3) is 2.46. The van der Waals surface area contributed by atoms with Crippen LogP contribution in [0.5, 0.6) is 0 Å². The quantitative estimate of drug-likeness (QED) is 0.583. The van der Waals surface area contributed by atoms with Gasteiger partial charge in [0.2, 0.25) is 0 Å². The molecule has 6 bridgehead atoms. The molecule has 0 aromatic heterocycles. The predicted molar refractivity (Wildman–Crippen MR) is 106 cm³/mol. The fourth-order valence-corrected chi connectivity index (χ4v) is 9.75. The zero-order valence-corrected chi connectivity index (χ0v) is 17.4. The van der Waals surface area contributed by atoms with Gasteiger partial charge in [0, 0.05) is 5.92 Å². The lowest BCUT2D eigenvalue weighted by Crippen LogP contribution is -2.56. The molecule has 7 rings (SSSR count). The van der Waals surface area contributed by atoms with Crippen LogP contribution in [0.15, 0.2) is 0 Å². The van der Waals surface area contributed by atoms with Crippen LogP contribution in [-0.2, 0) is 9.53 Å². The maximum absolute atomic E-state index is 13.5. The summed E-state index contributed by atoms with van der Waals surface area (Å²) in [6.45, 7) is 4.79. The second-order valence-electron chi connectivity index (χ2n) is 11.9. The average Bonchev–Trinajstić information content (AvgIpc) is 3.32. The van der Waals surface area contributed by atoms with E-state index < -0.39 is 0 Å². The molecule has 2 nitrogen and oxygen atoms in total. The minimum Gasteiger partial charge on any atom is -0.459 e. The van der Waals surface area contributed by atoms with Crippen molar-refractivity contribution in [3.05, 3.63) is 0 Å². The van der Waals surface area contributed by atoms with Crippen molar-refractivity contribution >= 4 is 5.97 Å². The first-order valence-corrected chi connectivity index (χ1v) is 12.3. The molecule has 0 spiro atoms. The number of carbonyl (C=O) groups excluding carboxylic acids is 1. The molecule has 0 heterocycles. The van der Waals surface area contributed by atoms with Gasteiger partial charge in [0.05, 0.1) is 5.92 Å². The molecule has 0 aromatic carbocycles. The molecule has 2 heteroatoms. The molecule has 0 aromatic rings. The average molecular weight is 371 g/mol. The molecule has 7 saturated carbocycles. The first kappa shape index (κ1) is 17.3. The van der Waals surface area contributed by atoms with Crippen LogP contribution in [0.2, 0.25) is 0 Å². The molecule has 5 atom stereocenters. The summed E-state index contributed by atoms with van der Waals surface area (Å²) in [7, 11) is 0. The van der Waals surface area contributed by atoms with E-state index in [1.165, 1.54) is 64.2 Å². The molecule has 7 aliphatic carbocycles. The summed E-state index contributed by atoms with van der Waals surface area (Å²) >= 11 is 0. The number of carbonyl (C=O) groups is 1. The van der Waals surface area contributed by atoms with Gasteiger partial charge < -0.3 is 4.74 Å². The summed E-state index contributed by atoms with van der Waals surface area (Å²) in [5.41, 5.74) is -0.0730. The molecule has 0 radical (unpaired) electrons. The van der Waals surface area contributed by atoms with E-state index in [0.717, 1.165) is 41.9 Å². The lowest BCUT2D eigenvalue weighted by atomic mass is 9.48. The highest BCUT2D eigenvalue weighted by molar-refractivity contribution is 5.74. The minimum atomic E-state index is -0.0730. The Hall–Kier alpha value is -0.530. The Balaban J connectivity index is 1.24. The second kappa shape index (κ2) is 5.99. The molecule has 0 aliphatic heterocycles. The molecule has 0 N–H and O–H groups in total. The first-order chi connectivity index (χ1) is 13.0. The van der Waals surface area contributed by atoms with Crippen LogP contribution in [-0.4, -0.2) is 11.6 Å². The van der Waals surface area contributed by atoms with Crippen molar-refractivity contribution in [3.63, 3.8) is 0 Å². The fraction of sp³-hybridized carbons (Fsp3) is 0.960. The van der Waals surface area contributed by atoms with Gasteiger partial charge in [-0.1, -0.05) is 13.8 Å². The third-order valence-corrected chi connectivity index (χ3v) is 10.8. The first-order valence-electron chi connectivity index (χ1n) is 12.3. The normalized spacial score (nSPS) is 54.6. The Labute approximate surface area is 165 Å². The molecule has 150 valence electrons. The lowest BCUT2D eigenvalue weighted by molar-refractivity contribution is -0.194. The standard InChI is InChI=1S/C25H38O2/c1-14-15(2)21-12-18(14)13-22(21)24(26)27-25(5-3-4-6-25)23-19-8-16-7-17(10-19)11-20(23)9-16/h14-23H,3-13H2,1-2H3. The summed E-state index contributed by atoms with van der Waals surface area (Å²) < 4.78 is 6.71. The van der Waals surface area contributed by atoms with Crippen molar-refractivity contribution < 1.29 is 9.53 Å². The highest BCUT2D eigenvalue weighted by Crippen LogP contribution is 2.63. The van der Waals surface area contributed by atoms with Gasteiger partial charge in [-0.3, -0.25) is 4.79 Å². The second-order valence-corrected chi connectivity index (χ2v) is 11.9. The maximum atomic E-state index is 13.5. The van der Waals surface area contributed by atoms with Gasteiger partial charge in [-0.15, -0.1) is 0 Å². The predicted octanol–water partition coefficient (Wildman–Crippen LogP) is 5.84. The molecule has 5 unspecified atom stereocenters. The van der Waals surface area contributed by atoms with Crippen LogP contribution < -0.4 is 0 Å². The highest BCUT2D eigenvalue weighted by atomic mass is 16.6. The SMILES string of the molecule is CC1C2CC(C(=O)OC3(C4C5CC6CC(C5)CC4C6)CCCC3)C(C2)C1C. The van der Waals surface area contributed by atoms with Crippen molar-refractivity contribution in [2.75, 3.05) is 0 Å².